The fraction of sp³-hybridized carbons (Fsp3) is 0.900. The lowest BCUT2D eigenvalue weighted by atomic mass is 9.64. The summed E-state index contributed by atoms with van der Waals surface area (Å²) in [7, 11) is 0. The zero-order chi connectivity index (χ0) is 18.5. The minimum atomic E-state index is -0.698. The molecule has 1 spiro atoms. The van der Waals surface area contributed by atoms with Gasteiger partial charge in [-0.05, 0) is 43.4 Å². The molecule has 0 aromatic rings. The fourth-order valence-electron chi connectivity index (χ4n) is 6.17. The average Bonchev–Trinajstić information content (AvgIpc) is 2.77. The number of ether oxygens (including phenoxy) is 1. The van der Waals surface area contributed by atoms with E-state index in [-0.39, 0.29) is 23.5 Å². The van der Waals surface area contributed by atoms with Crippen molar-refractivity contribution in [3.63, 3.8) is 0 Å². The van der Waals surface area contributed by atoms with Crippen LogP contribution in [0.1, 0.15) is 65.7 Å². The molecule has 2 saturated carbocycles. The van der Waals surface area contributed by atoms with Gasteiger partial charge in [-0.2, -0.15) is 0 Å². The lowest BCUT2D eigenvalue weighted by Crippen LogP contribution is -2.57. The lowest BCUT2D eigenvalue weighted by Gasteiger charge is -2.45. The third-order valence-corrected chi connectivity index (χ3v) is 6.79. The van der Waals surface area contributed by atoms with Crippen LogP contribution >= 0.6 is 0 Å². The van der Waals surface area contributed by atoms with Gasteiger partial charge in [-0.1, -0.05) is 33.6 Å². The van der Waals surface area contributed by atoms with Gasteiger partial charge in [0.15, 0.2) is 0 Å². The molecule has 0 aromatic heterocycles. The Bertz CT molecular complexity index is 591. The second-order valence-corrected chi connectivity index (χ2v) is 9.81. The van der Waals surface area contributed by atoms with E-state index in [0.29, 0.717) is 25.2 Å². The Morgan fingerprint density at radius 1 is 1.19 bits per heavy atom. The number of hydrogen-bond acceptors (Lipinski definition) is 4. The first-order valence-corrected chi connectivity index (χ1v) is 10.3. The van der Waals surface area contributed by atoms with Gasteiger partial charge in [0.05, 0.1) is 19.4 Å². The van der Waals surface area contributed by atoms with Gasteiger partial charge in [0, 0.05) is 12.6 Å². The maximum absolute atomic E-state index is 13.3. The first kappa shape index (κ1) is 18.2. The molecule has 2 aliphatic carbocycles. The van der Waals surface area contributed by atoms with Crippen LogP contribution in [0.15, 0.2) is 0 Å². The highest BCUT2D eigenvalue weighted by Crippen LogP contribution is 2.46. The first-order chi connectivity index (χ1) is 12.3. The van der Waals surface area contributed by atoms with E-state index >= 15 is 0 Å². The number of nitrogens with one attached hydrogen (secondary N) is 1. The number of rotatable bonds is 2. The van der Waals surface area contributed by atoms with Crippen molar-refractivity contribution in [3.05, 3.63) is 0 Å². The number of carbonyl (C=O) groups is 2. The smallest absolute Gasteiger partial charge is 0.326 e. The number of amides is 3. The van der Waals surface area contributed by atoms with E-state index in [4.69, 9.17) is 4.74 Å². The fourth-order valence-corrected chi connectivity index (χ4v) is 6.17. The number of imide groups is 1. The maximum atomic E-state index is 13.3. The summed E-state index contributed by atoms with van der Waals surface area (Å²) in [6, 6.07) is 0.134. The van der Waals surface area contributed by atoms with Crippen LogP contribution in [-0.4, -0.2) is 59.2 Å². The van der Waals surface area contributed by atoms with E-state index < -0.39 is 5.54 Å². The van der Waals surface area contributed by atoms with Gasteiger partial charge in [-0.3, -0.25) is 9.69 Å². The van der Waals surface area contributed by atoms with Crippen LogP contribution in [0.25, 0.3) is 0 Å². The Balaban J connectivity index is 1.51. The summed E-state index contributed by atoms with van der Waals surface area (Å²) in [5, 5.41) is 3.10. The van der Waals surface area contributed by atoms with Crippen molar-refractivity contribution in [3.8, 4) is 0 Å². The van der Waals surface area contributed by atoms with Crippen LogP contribution in [0.4, 0.5) is 4.79 Å². The second kappa shape index (κ2) is 6.48. The summed E-state index contributed by atoms with van der Waals surface area (Å²) in [6.45, 7) is 8.51. The molecule has 4 aliphatic rings. The highest BCUT2D eigenvalue weighted by molar-refractivity contribution is 6.07. The topological polar surface area (TPSA) is 61.9 Å². The Kier molecular flexibility index (Phi) is 4.55. The van der Waals surface area contributed by atoms with Crippen molar-refractivity contribution in [2.24, 2.45) is 11.3 Å². The standard InChI is InChI=1S/C20H33N3O3/c1-14-10-19(2,3)12-20(11-14)17(24)23(18(25)21-20)13-22-8-9-26-16-7-5-4-6-15(16)22/h14-16H,4-13H2,1-3H3,(H,21,25). The molecule has 2 heterocycles. The summed E-state index contributed by atoms with van der Waals surface area (Å²) in [5.74, 6) is 0.426. The monoisotopic (exact) mass is 363 g/mol. The minimum Gasteiger partial charge on any atom is -0.375 e. The summed E-state index contributed by atoms with van der Waals surface area (Å²) in [6.07, 6.45) is 7.48. The zero-order valence-electron chi connectivity index (χ0n) is 16.4. The molecule has 0 aromatic carbocycles. The molecule has 1 N–H and O–H groups in total. The number of morpholine rings is 1. The van der Waals surface area contributed by atoms with Crippen molar-refractivity contribution >= 4 is 11.9 Å². The number of carbonyl (C=O) groups excluding carboxylic acids is 2. The van der Waals surface area contributed by atoms with E-state index in [1.165, 1.54) is 17.7 Å². The molecule has 4 unspecified atom stereocenters. The van der Waals surface area contributed by atoms with Crippen molar-refractivity contribution in [1.29, 1.82) is 0 Å². The predicted molar refractivity (Wildman–Crippen MR) is 98.5 cm³/mol. The maximum Gasteiger partial charge on any atom is 0.326 e. The number of nitrogens with zero attached hydrogens (tertiary/aromatic N) is 2. The zero-order valence-corrected chi connectivity index (χ0v) is 16.4. The third-order valence-electron chi connectivity index (χ3n) is 6.79. The van der Waals surface area contributed by atoms with E-state index in [0.717, 1.165) is 38.6 Å². The lowest BCUT2D eigenvalue weighted by molar-refractivity contribution is -0.140. The van der Waals surface area contributed by atoms with Crippen molar-refractivity contribution in [1.82, 2.24) is 15.1 Å². The molecule has 146 valence electrons. The van der Waals surface area contributed by atoms with Crippen LogP contribution < -0.4 is 5.32 Å². The molecule has 6 heteroatoms. The highest BCUT2D eigenvalue weighted by Gasteiger charge is 2.56. The molecule has 4 atom stereocenters. The molecule has 26 heavy (non-hydrogen) atoms. The average molecular weight is 364 g/mol. The molecule has 4 rings (SSSR count). The van der Waals surface area contributed by atoms with Gasteiger partial charge in [0.1, 0.15) is 5.54 Å². The molecule has 0 bridgehead atoms. The SMILES string of the molecule is CC1CC(C)(C)CC2(C1)NC(=O)N(CN1CCOC3CCCCC31)C2=O. The normalized spacial score (nSPS) is 40.6. The van der Waals surface area contributed by atoms with Gasteiger partial charge in [-0.15, -0.1) is 0 Å². The van der Waals surface area contributed by atoms with Crippen LogP contribution in [0.3, 0.4) is 0 Å². The highest BCUT2D eigenvalue weighted by atomic mass is 16.5. The van der Waals surface area contributed by atoms with Crippen molar-refractivity contribution in [2.45, 2.75) is 83.4 Å². The Labute approximate surface area is 156 Å². The first-order valence-electron chi connectivity index (χ1n) is 10.3. The minimum absolute atomic E-state index is 0.0130. The number of urea groups is 1. The van der Waals surface area contributed by atoms with E-state index in [1.807, 2.05) is 0 Å². The summed E-state index contributed by atoms with van der Waals surface area (Å²) < 4.78 is 5.94. The van der Waals surface area contributed by atoms with Gasteiger partial charge < -0.3 is 10.1 Å². The molecular weight excluding hydrogens is 330 g/mol. The Hall–Kier alpha value is -1.14. The molecule has 6 nitrogen and oxygen atoms in total. The van der Waals surface area contributed by atoms with Gasteiger partial charge >= 0.3 is 6.03 Å². The molecule has 3 amide bonds. The van der Waals surface area contributed by atoms with Crippen LogP contribution in [0.5, 0.6) is 0 Å². The van der Waals surface area contributed by atoms with Gasteiger partial charge in [-0.25, -0.2) is 9.69 Å². The molecule has 2 saturated heterocycles. The van der Waals surface area contributed by atoms with E-state index in [1.54, 1.807) is 0 Å². The van der Waals surface area contributed by atoms with Crippen LogP contribution in [0, 0.1) is 11.3 Å². The molecule has 2 aliphatic heterocycles. The van der Waals surface area contributed by atoms with Gasteiger partial charge in [0.25, 0.3) is 5.91 Å². The predicted octanol–water partition coefficient (Wildman–Crippen LogP) is 2.72. The summed E-state index contributed by atoms with van der Waals surface area (Å²) in [5.41, 5.74) is -0.624. The largest absolute Gasteiger partial charge is 0.375 e. The van der Waals surface area contributed by atoms with Crippen LogP contribution in [0.2, 0.25) is 0 Å². The molecular formula is C20H33N3O3. The summed E-state index contributed by atoms with van der Waals surface area (Å²) in [4.78, 5) is 29.9. The summed E-state index contributed by atoms with van der Waals surface area (Å²) >= 11 is 0. The van der Waals surface area contributed by atoms with Crippen molar-refractivity contribution < 1.29 is 14.3 Å². The van der Waals surface area contributed by atoms with Gasteiger partial charge in [0.2, 0.25) is 0 Å². The molecule has 4 fully saturated rings. The second-order valence-electron chi connectivity index (χ2n) is 9.81. The Morgan fingerprint density at radius 3 is 2.73 bits per heavy atom. The Morgan fingerprint density at radius 2 is 1.96 bits per heavy atom. The number of hydrogen-bond donors (Lipinski definition) is 1. The van der Waals surface area contributed by atoms with Crippen molar-refractivity contribution in [2.75, 3.05) is 19.8 Å². The van der Waals surface area contributed by atoms with Crippen LogP contribution in [-0.2, 0) is 9.53 Å². The number of fused-ring (bicyclic) bond motifs is 1. The van der Waals surface area contributed by atoms with E-state index in [2.05, 4.69) is 31.0 Å². The van der Waals surface area contributed by atoms with E-state index in [9.17, 15) is 9.59 Å². The quantitative estimate of drug-likeness (QED) is 0.767. The molecule has 0 radical (unpaired) electrons. The third kappa shape index (κ3) is 3.15.